The molecule has 0 aliphatic rings. The third-order valence-electron chi connectivity index (χ3n) is 3.37. The van der Waals surface area contributed by atoms with Crippen LogP contribution in [0.4, 0.5) is 0 Å². The molecule has 0 saturated heterocycles. The second-order valence-corrected chi connectivity index (χ2v) is 7.38. The third-order valence-corrected chi connectivity index (χ3v) is 5.28. The van der Waals surface area contributed by atoms with Crippen molar-refractivity contribution in [3.8, 4) is 17.5 Å². The molecule has 0 unspecified atom stereocenters. The lowest BCUT2D eigenvalue weighted by molar-refractivity contribution is 0.457. The first-order chi connectivity index (χ1) is 11.4. The van der Waals surface area contributed by atoms with E-state index in [9.17, 15) is 13.7 Å². The van der Waals surface area contributed by atoms with Crippen LogP contribution in [0, 0.1) is 18.3 Å². The lowest BCUT2D eigenvalue weighted by Crippen LogP contribution is -2.02. The lowest BCUT2D eigenvalue weighted by Gasteiger charge is -2.01. The van der Waals surface area contributed by atoms with Crippen LogP contribution in [0.2, 0.25) is 5.02 Å². The average molecular weight is 359 g/mol. The zero-order valence-corrected chi connectivity index (χ0v) is 14.1. The van der Waals surface area contributed by atoms with Crippen molar-refractivity contribution in [2.45, 2.75) is 16.9 Å². The van der Waals surface area contributed by atoms with Gasteiger partial charge in [0.05, 0.1) is 4.90 Å². The summed E-state index contributed by atoms with van der Waals surface area (Å²) in [7, 11) is -4.00. The average Bonchev–Trinajstić information content (AvgIpc) is 3.01. The van der Waals surface area contributed by atoms with Crippen molar-refractivity contribution in [3.05, 3.63) is 64.8 Å². The lowest BCUT2D eigenvalue weighted by atomic mass is 10.1. The summed E-state index contributed by atoms with van der Waals surface area (Å²) in [6, 6.07) is 14.6. The molecule has 7 heteroatoms. The van der Waals surface area contributed by atoms with Crippen LogP contribution >= 0.6 is 11.6 Å². The molecule has 0 atom stereocenters. The van der Waals surface area contributed by atoms with Crippen molar-refractivity contribution in [2.75, 3.05) is 0 Å². The van der Waals surface area contributed by atoms with Crippen LogP contribution < -0.4 is 0 Å². The quantitative estimate of drug-likeness (QED) is 0.706. The molecule has 24 heavy (non-hydrogen) atoms. The maximum absolute atomic E-state index is 12.7. The molecule has 0 saturated carbocycles. The molecule has 0 fully saturated rings. The van der Waals surface area contributed by atoms with Gasteiger partial charge in [-0.2, -0.15) is 10.2 Å². The minimum Gasteiger partial charge on any atom is -0.423 e. The van der Waals surface area contributed by atoms with Gasteiger partial charge in [0.15, 0.2) is 5.69 Å². The Bertz CT molecular complexity index is 1030. The summed E-state index contributed by atoms with van der Waals surface area (Å²) in [6.07, 6.45) is 0. The number of hydrogen-bond acceptors (Lipinski definition) is 5. The Morgan fingerprint density at radius 1 is 1.08 bits per heavy atom. The highest BCUT2D eigenvalue weighted by atomic mass is 35.5. The highest BCUT2D eigenvalue weighted by molar-refractivity contribution is 7.91. The molecular formula is C17H11ClN2O3S. The Morgan fingerprint density at radius 2 is 1.71 bits per heavy atom. The van der Waals surface area contributed by atoms with Gasteiger partial charge in [-0.3, -0.25) is 0 Å². The summed E-state index contributed by atoms with van der Waals surface area (Å²) in [5.74, 6) is 0.0825. The molecule has 120 valence electrons. The van der Waals surface area contributed by atoms with Gasteiger partial charge in [0.1, 0.15) is 6.07 Å². The number of halogens is 1. The molecular weight excluding hydrogens is 348 g/mol. The minimum absolute atomic E-state index is 0.0185. The van der Waals surface area contributed by atoms with E-state index in [1.165, 1.54) is 24.3 Å². The minimum atomic E-state index is -4.00. The second kappa shape index (κ2) is 6.11. The van der Waals surface area contributed by atoms with Gasteiger partial charge in [0, 0.05) is 10.6 Å². The molecule has 0 aliphatic heterocycles. The van der Waals surface area contributed by atoms with Crippen molar-refractivity contribution in [2.24, 2.45) is 0 Å². The molecule has 3 rings (SSSR count). The van der Waals surface area contributed by atoms with E-state index in [0.29, 0.717) is 10.6 Å². The monoisotopic (exact) mass is 358 g/mol. The Labute approximate surface area is 144 Å². The number of benzene rings is 2. The number of hydrogen-bond donors (Lipinski definition) is 0. The maximum atomic E-state index is 12.7. The topological polar surface area (TPSA) is 84.0 Å². The van der Waals surface area contributed by atoms with Crippen molar-refractivity contribution < 1.29 is 12.8 Å². The van der Waals surface area contributed by atoms with Crippen LogP contribution in [0.1, 0.15) is 11.3 Å². The van der Waals surface area contributed by atoms with Crippen LogP contribution in [0.3, 0.4) is 0 Å². The fourth-order valence-electron chi connectivity index (χ4n) is 2.10. The van der Waals surface area contributed by atoms with Gasteiger partial charge in [-0.05, 0) is 43.3 Å². The first-order valence-electron chi connectivity index (χ1n) is 6.90. The predicted octanol–water partition coefficient (Wildman–Crippen LogP) is 4.01. The fourth-order valence-corrected chi connectivity index (χ4v) is 3.47. The molecule has 0 radical (unpaired) electrons. The van der Waals surface area contributed by atoms with Crippen molar-refractivity contribution >= 4 is 21.4 Å². The van der Waals surface area contributed by atoms with Crippen LogP contribution in [0.25, 0.3) is 11.5 Å². The van der Waals surface area contributed by atoms with E-state index in [2.05, 4.69) is 4.98 Å². The maximum Gasteiger partial charge on any atom is 0.261 e. The molecule has 1 aromatic heterocycles. The SMILES string of the molecule is Cc1ccc(-c2nc(C#N)c(S(=O)(=O)c3ccc(Cl)cc3)o2)cc1. The van der Waals surface area contributed by atoms with Crippen LogP contribution in [-0.2, 0) is 9.84 Å². The number of aryl methyl sites for hydroxylation is 1. The Morgan fingerprint density at radius 3 is 2.29 bits per heavy atom. The summed E-state index contributed by atoms with van der Waals surface area (Å²) >= 11 is 5.78. The van der Waals surface area contributed by atoms with E-state index in [-0.39, 0.29) is 16.5 Å². The molecule has 0 spiro atoms. The van der Waals surface area contributed by atoms with Gasteiger partial charge in [0.25, 0.3) is 5.09 Å². The number of nitrogens with zero attached hydrogens (tertiary/aromatic N) is 2. The standard InChI is InChI=1S/C17H11ClN2O3S/c1-11-2-4-12(5-3-11)16-20-15(10-19)17(23-16)24(21,22)14-8-6-13(18)7-9-14/h2-9H,1H3. The summed E-state index contributed by atoms with van der Waals surface area (Å²) in [5.41, 5.74) is 1.36. The van der Waals surface area contributed by atoms with Gasteiger partial charge >= 0.3 is 0 Å². The van der Waals surface area contributed by atoms with E-state index in [0.717, 1.165) is 5.56 Å². The van der Waals surface area contributed by atoms with Crippen molar-refractivity contribution in [3.63, 3.8) is 0 Å². The van der Waals surface area contributed by atoms with Gasteiger partial charge in [-0.25, -0.2) is 8.42 Å². The largest absolute Gasteiger partial charge is 0.423 e. The van der Waals surface area contributed by atoms with Crippen LogP contribution in [-0.4, -0.2) is 13.4 Å². The number of sulfone groups is 1. The predicted molar refractivity (Wildman–Crippen MR) is 88.3 cm³/mol. The first kappa shape index (κ1) is 16.2. The van der Waals surface area contributed by atoms with Gasteiger partial charge in [0.2, 0.25) is 15.7 Å². The third kappa shape index (κ3) is 2.92. The first-order valence-corrected chi connectivity index (χ1v) is 8.76. The van der Waals surface area contributed by atoms with E-state index < -0.39 is 14.9 Å². The molecule has 2 aromatic carbocycles. The Hall–Kier alpha value is -2.62. The molecule has 0 bridgehead atoms. The molecule has 1 heterocycles. The summed E-state index contributed by atoms with van der Waals surface area (Å²) < 4.78 is 30.8. The normalized spacial score (nSPS) is 11.2. The molecule has 3 aromatic rings. The zero-order valence-electron chi connectivity index (χ0n) is 12.5. The smallest absolute Gasteiger partial charge is 0.261 e. The highest BCUT2D eigenvalue weighted by Gasteiger charge is 2.28. The van der Waals surface area contributed by atoms with E-state index >= 15 is 0 Å². The van der Waals surface area contributed by atoms with E-state index in [1.54, 1.807) is 18.2 Å². The fraction of sp³-hybridized carbons (Fsp3) is 0.0588. The number of nitriles is 1. The molecule has 0 N–H and O–H groups in total. The summed E-state index contributed by atoms with van der Waals surface area (Å²) in [4.78, 5) is 3.99. The van der Waals surface area contributed by atoms with Crippen LogP contribution in [0.15, 0.2) is 62.9 Å². The van der Waals surface area contributed by atoms with Gasteiger partial charge < -0.3 is 4.42 Å². The van der Waals surface area contributed by atoms with E-state index in [1.807, 2.05) is 19.1 Å². The number of aromatic nitrogens is 1. The van der Waals surface area contributed by atoms with E-state index in [4.69, 9.17) is 16.0 Å². The Kier molecular flexibility index (Phi) is 4.14. The molecule has 0 amide bonds. The highest BCUT2D eigenvalue weighted by Crippen LogP contribution is 2.29. The van der Waals surface area contributed by atoms with Crippen molar-refractivity contribution in [1.82, 2.24) is 4.98 Å². The Balaban J connectivity index is 2.13. The van der Waals surface area contributed by atoms with Gasteiger partial charge in [-0.1, -0.05) is 29.3 Å². The van der Waals surface area contributed by atoms with Gasteiger partial charge in [-0.15, -0.1) is 0 Å². The number of rotatable bonds is 3. The summed E-state index contributed by atoms with van der Waals surface area (Å²) in [6.45, 7) is 1.93. The number of oxazole rings is 1. The molecule has 5 nitrogen and oxygen atoms in total. The summed E-state index contributed by atoms with van der Waals surface area (Å²) in [5, 5.41) is 9.16. The van der Waals surface area contributed by atoms with Crippen molar-refractivity contribution in [1.29, 1.82) is 5.26 Å². The molecule has 0 aliphatic carbocycles. The second-order valence-electron chi connectivity index (χ2n) is 5.09. The van der Waals surface area contributed by atoms with Crippen LogP contribution in [0.5, 0.6) is 0 Å². The zero-order chi connectivity index (χ0) is 17.3.